The number of nitro groups is 1. The highest BCUT2D eigenvalue weighted by Gasteiger charge is 2.15. The van der Waals surface area contributed by atoms with E-state index in [1.165, 1.54) is 12.1 Å². The van der Waals surface area contributed by atoms with Gasteiger partial charge >= 0.3 is 0 Å². The maximum Gasteiger partial charge on any atom is 0.270 e. The second kappa shape index (κ2) is 7.23. The summed E-state index contributed by atoms with van der Waals surface area (Å²) in [5, 5.41) is 20.3. The number of hydrogen-bond acceptors (Lipinski definition) is 5. The predicted octanol–water partition coefficient (Wildman–Crippen LogP) is 2.78. The van der Waals surface area contributed by atoms with Crippen LogP contribution in [0.5, 0.6) is 5.75 Å². The van der Waals surface area contributed by atoms with E-state index in [1.807, 2.05) is 6.26 Å². The summed E-state index contributed by atoms with van der Waals surface area (Å²) in [5.41, 5.74) is 0.413. The van der Waals surface area contributed by atoms with E-state index in [9.17, 15) is 15.2 Å². The molecule has 0 heterocycles. The molecule has 5 nitrogen and oxygen atoms in total. The van der Waals surface area contributed by atoms with E-state index < -0.39 is 11.0 Å². The van der Waals surface area contributed by atoms with E-state index in [2.05, 4.69) is 0 Å². The van der Waals surface area contributed by atoms with Gasteiger partial charge in [0.2, 0.25) is 0 Å². The minimum absolute atomic E-state index is 0.0395. The molecule has 0 aliphatic heterocycles. The molecule has 0 saturated heterocycles. The maximum atomic E-state index is 10.7. The summed E-state index contributed by atoms with van der Waals surface area (Å²) in [7, 11) is 0. The maximum absolute atomic E-state index is 10.7. The Morgan fingerprint density at radius 3 is 2.83 bits per heavy atom. The zero-order chi connectivity index (χ0) is 13.5. The van der Waals surface area contributed by atoms with Gasteiger partial charge in [-0.15, -0.1) is 0 Å². The topological polar surface area (TPSA) is 72.6 Å². The molecule has 0 spiro atoms. The Morgan fingerprint density at radius 1 is 1.56 bits per heavy atom. The van der Waals surface area contributed by atoms with Gasteiger partial charge in [-0.2, -0.15) is 11.8 Å². The van der Waals surface area contributed by atoms with Gasteiger partial charge in [0.05, 0.1) is 17.6 Å². The van der Waals surface area contributed by atoms with Crippen LogP contribution in [0.3, 0.4) is 0 Å². The lowest BCUT2D eigenvalue weighted by Crippen LogP contribution is -2.04. The summed E-state index contributed by atoms with van der Waals surface area (Å²) in [5.74, 6) is 1.51. The molecule has 0 unspecified atom stereocenters. The van der Waals surface area contributed by atoms with Crippen LogP contribution >= 0.6 is 11.8 Å². The SMILES string of the molecule is CSCCCOc1ccc([N+](=O)[O-])cc1[C@H](C)O. The van der Waals surface area contributed by atoms with Crippen molar-refractivity contribution in [3.05, 3.63) is 33.9 Å². The van der Waals surface area contributed by atoms with Crippen molar-refractivity contribution >= 4 is 17.4 Å². The molecule has 0 fully saturated rings. The Hall–Kier alpha value is -1.27. The van der Waals surface area contributed by atoms with Gasteiger partial charge in [-0.25, -0.2) is 0 Å². The lowest BCUT2D eigenvalue weighted by molar-refractivity contribution is -0.385. The smallest absolute Gasteiger partial charge is 0.270 e. The van der Waals surface area contributed by atoms with E-state index in [1.54, 1.807) is 24.8 Å². The highest BCUT2D eigenvalue weighted by atomic mass is 32.2. The predicted molar refractivity (Wildman–Crippen MR) is 72.2 cm³/mol. The van der Waals surface area contributed by atoms with Crippen LogP contribution in [0, 0.1) is 10.1 Å². The summed E-state index contributed by atoms with van der Waals surface area (Å²) in [4.78, 5) is 10.2. The molecule has 1 atom stereocenters. The molecular formula is C12H17NO4S. The number of nitrogens with zero attached hydrogens (tertiary/aromatic N) is 1. The van der Waals surface area contributed by atoms with Gasteiger partial charge in [0.15, 0.2) is 0 Å². The molecule has 0 aliphatic carbocycles. The van der Waals surface area contributed by atoms with Gasteiger partial charge in [0.25, 0.3) is 5.69 Å². The molecule has 1 N–H and O–H groups in total. The lowest BCUT2D eigenvalue weighted by atomic mass is 10.1. The van der Waals surface area contributed by atoms with Crippen LogP contribution in [-0.2, 0) is 0 Å². The molecule has 18 heavy (non-hydrogen) atoms. The van der Waals surface area contributed by atoms with Crippen molar-refractivity contribution in [2.24, 2.45) is 0 Å². The summed E-state index contributed by atoms with van der Waals surface area (Å²) in [6, 6.07) is 4.28. The first-order chi connectivity index (χ1) is 8.56. The lowest BCUT2D eigenvalue weighted by Gasteiger charge is -2.13. The van der Waals surface area contributed by atoms with E-state index >= 15 is 0 Å². The highest BCUT2D eigenvalue weighted by molar-refractivity contribution is 7.98. The van der Waals surface area contributed by atoms with Crippen molar-refractivity contribution in [2.45, 2.75) is 19.4 Å². The fraction of sp³-hybridized carbons (Fsp3) is 0.500. The standard InChI is InChI=1S/C12H17NO4S/c1-9(14)11-8-10(13(15)16)4-5-12(11)17-6-3-7-18-2/h4-5,8-9,14H,3,6-7H2,1-2H3/t9-/m0/s1. The molecule has 1 rings (SSSR count). The largest absolute Gasteiger partial charge is 0.493 e. The van der Waals surface area contributed by atoms with Crippen LogP contribution in [0.15, 0.2) is 18.2 Å². The van der Waals surface area contributed by atoms with Crippen molar-refractivity contribution in [1.29, 1.82) is 0 Å². The fourth-order valence-electron chi connectivity index (χ4n) is 1.49. The fourth-order valence-corrected chi connectivity index (χ4v) is 1.90. The highest BCUT2D eigenvalue weighted by Crippen LogP contribution is 2.29. The van der Waals surface area contributed by atoms with Gasteiger partial charge in [-0.1, -0.05) is 0 Å². The third kappa shape index (κ3) is 4.19. The van der Waals surface area contributed by atoms with Crippen molar-refractivity contribution in [1.82, 2.24) is 0 Å². The van der Waals surface area contributed by atoms with Crippen LogP contribution in [0.25, 0.3) is 0 Å². The second-order valence-corrected chi connectivity index (χ2v) is 4.84. The molecule has 0 aromatic heterocycles. The van der Waals surface area contributed by atoms with Crippen LogP contribution in [0.1, 0.15) is 25.0 Å². The Kier molecular flexibility index (Phi) is 5.94. The van der Waals surface area contributed by atoms with Gasteiger partial charge in [-0.05, 0) is 31.4 Å². The van der Waals surface area contributed by atoms with Crippen molar-refractivity contribution in [3.8, 4) is 5.75 Å². The van der Waals surface area contributed by atoms with E-state index in [-0.39, 0.29) is 5.69 Å². The number of benzene rings is 1. The molecule has 0 aliphatic rings. The minimum atomic E-state index is -0.791. The number of ether oxygens (including phenoxy) is 1. The Balaban J connectivity index is 2.80. The van der Waals surface area contributed by atoms with Crippen LogP contribution in [0.4, 0.5) is 5.69 Å². The molecule has 100 valence electrons. The van der Waals surface area contributed by atoms with Crippen LogP contribution in [0.2, 0.25) is 0 Å². The average Bonchev–Trinajstić information content (AvgIpc) is 2.34. The summed E-state index contributed by atoms with van der Waals surface area (Å²) in [6.45, 7) is 2.10. The number of aliphatic hydroxyl groups is 1. The van der Waals surface area contributed by atoms with E-state index in [4.69, 9.17) is 4.74 Å². The molecule has 6 heteroatoms. The van der Waals surface area contributed by atoms with Gasteiger partial charge < -0.3 is 9.84 Å². The molecule has 0 saturated carbocycles. The molecule has 0 bridgehead atoms. The molecule has 0 amide bonds. The first-order valence-electron chi connectivity index (χ1n) is 5.64. The number of non-ortho nitro benzene ring substituents is 1. The van der Waals surface area contributed by atoms with Crippen molar-refractivity contribution in [2.75, 3.05) is 18.6 Å². The number of thioether (sulfide) groups is 1. The molecular weight excluding hydrogens is 254 g/mol. The summed E-state index contributed by atoms with van der Waals surface area (Å²) < 4.78 is 5.54. The molecule has 1 aromatic carbocycles. The normalized spacial score (nSPS) is 12.2. The van der Waals surface area contributed by atoms with Crippen LogP contribution < -0.4 is 4.74 Å². The quantitative estimate of drug-likeness (QED) is 0.469. The minimum Gasteiger partial charge on any atom is -0.493 e. The second-order valence-electron chi connectivity index (χ2n) is 3.85. The third-order valence-electron chi connectivity index (χ3n) is 2.40. The molecule has 0 radical (unpaired) electrons. The van der Waals surface area contributed by atoms with Crippen molar-refractivity contribution in [3.63, 3.8) is 0 Å². The monoisotopic (exact) mass is 271 g/mol. The van der Waals surface area contributed by atoms with Gasteiger partial charge in [0.1, 0.15) is 5.75 Å². The van der Waals surface area contributed by atoms with Gasteiger partial charge in [-0.3, -0.25) is 10.1 Å². The third-order valence-corrected chi connectivity index (χ3v) is 3.10. The first kappa shape index (κ1) is 14.8. The zero-order valence-corrected chi connectivity index (χ0v) is 11.3. The average molecular weight is 271 g/mol. The Bertz CT molecular complexity index is 409. The van der Waals surface area contributed by atoms with E-state index in [0.717, 1.165) is 12.2 Å². The Morgan fingerprint density at radius 2 is 2.28 bits per heavy atom. The van der Waals surface area contributed by atoms with E-state index in [0.29, 0.717) is 17.9 Å². The zero-order valence-electron chi connectivity index (χ0n) is 10.5. The number of nitro benzene ring substituents is 1. The number of aliphatic hydroxyl groups excluding tert-OH is 1. The summed E-state index contributed by atoms with van der Waals surface area (Å²) >= 11 is 1.73. The van der Waals surface area contributed by atoms with Gasteiger partial charge in [0, 0.05) is 17.7 Å². The Labute approximate surface area is 110 Å². The summed E-state index contributed by atoms with van der Waals surface area (Å²) in [6.07, 6.45) is 2.13. The first-order valence-corrected chi connectivity index (χ1v) is 7.03. The van der Waals surface area contributed by atoms with Crippen LogP contribution in [-0.4, -0.2) is 28.6 Å². The van der Waals surface area contributed by atoms with Crippen molar-refractivity contribution < 1.29 is 14.8 Å². The number of rotatable bonds is 7. The number of hydrogen-bond donors (Lipinski definition) is 1. The molecule has 1 aromatic rings.